The van der Waals surface area contributed by atoms with E-state index >= 15 is 0 Å². The molecule has 2 unspecified atom stereocenters. The van der Waals surface area contributed by atoms with Crippen molar-refractivity contribution < 1.29 is 13.9 Å². The van der Waals surface area contributed by atoms with E-state index in [1.807, 2.05) is 6.92 Å². The molecule has 1 heterocycles. The van der Waals surface area contributed by atoms with Crippen molar-refractivity contribution in [1.29, 1.82) is 0 Å². The summed E-state index contributed by atoms with van der Waals surface area (Å²) in [4.78, 5) is 1.69. The standard InChI is InChI=1S/C15H22F2N2O/c1-3-18-8-11-6-13(16)15(14(17)7-11)19-5-4-12(9-19)10(2)20/h6-7,10,12,18,20H,3-5,8-9H2,1-2H3. The topological polar surface area (TPSA) is 35.5 Å². The third-order valence-electron chi connectivity index (χ3n) is 3.88. The second-order valence-electron chi connectivity index (χ2n) is 5.42. The van der Waals surface area contributed by atoms with Gasteiger partial charge in [-0.1, -0.05) is 6.92 Å². The van der Waals surface area contributed by atoms with Crippen molar-refractivity contribution >= 4 is 5.69 Å². The van der Waals surface area contributed by atoms with Crippen molar-refractivity contribution in [2.75, 3.05) is 24.5 Å². The number of benzene rings is 1. The number of nitrogens with zero attached hydrogens (tertiary/aromatic N) is 1. The van der Waals surface area contributed by atoms with Crippen LogP contribution in [-0.2, 0) is 6.54 Å². The van der Waals surface area contributed by atoms with E-state index in [0.29, 0.717) is 25.2 Å². The first-order valence-corrected chi connectivity index (χ1v) is 7.14. The van der Waals surface area contributed by atoms with Gasteiger partial charge in [0.2, 0.25) is 0 Å². The highest BCUT2D eigenvalue weighted by Crippen LogP contribution is 2.31. The summed E-state index contributed by atoms with van der Waals surface area (Å²) < 4.78 is 28.3. The molecule has 0 amide bonds. The minimum absolute atomic E-state index is 0.0356. The molecule has 0 radical (unpaired) electrons. The highest BCUT2D eigenvalue weighted by molar-refractivity contribution is 5.51. The quantitative estimate of drug-likeness (QED) is 0.871. The first-order chi connectivity index (χ1) is 9.52. The van der Waals surface area contributed by atoms with Gasteiger partial charge in [-0.3, -0.25) is 0 Å². The van der Waals surface area contributed by atoms with Gasteiger partial charge in [0.15, 0.2) is 0 Å². The molecule has 112 valence electrons. The normalized spacial score (nSPS) is 20.4. The van der Waals surface area contributed by atoms with Gasteiger partial charge in [0.1, 0.15) is 17.3 Å². The summed E-state index contributed by atoms with van der Waals surface area (Å²) in [6.07, 6.45) is 0.314. The molecule has 0 aromatic heterocycles. The van der Waals surface area contributed by atoms with Crippen LogP contribution in [0.15, 0.2) is 12.1 Å². The number of hydrogen-bond donors (Lipinski definition) is 2. The average molecular weight is 284 g/mol. The fraction of sp³-hybridized carbons (Fsp3) is 0.600. The second kappa shape index (κ2) is 6.50. The highest BCUT2D eigenvalue weighted by Gasteiger charge is 2.29. The van der Waals surface area contributed by atoms with Gasteiger partial charge in [-0.25, -0.2) is 8.78 Å². The van der Waals surface area contributed by atoms with Crippen LogP contribution in [0, 0.1) is 17.6 Å². The Bertz CT molecular complexity index is 442. The summed E-state index contributed by atoms with van der Waals surface area (Å²) in [6, 6.07) is 2.77. The lowest BCUT2D eigenvalue weighted by Gasteiger charge is -2.21. The molecule has 0 bridgehead atoms. The SMILES string of the molecule is CCNCc1cc(F)c(N2CCC(C(C)O)C2)c(F)c1. The average Bonchev–Trinajstić information content (AvgIpc) is 2.85. The summed E-state index contributed by atoms with van der Waals surface area (Å²) in [7, 11) is 0. The summed E-state index contributed by atoms with van der Waals surface area (Å²) in [5.41, 5.74) is 0.644. The largest absolute Gasteiger partial charge is 0.393 e. The van der Waals surface area contributed by atoms with Crippen molar-refractivity contribution in [3.63, 3.8) is 0 Å². The van der Waals surface area contributed by atoms with Crippen LogP contribution in [0.4, 0.5) is 14.5 Å². The fourth-order valence-corrected chi connectivity index (χ4v) is 2.68. The molecule has 1 aliphatic rings. The second-order valence-corrected chi connectivity index (χ2v) is 5.42. The Morgan fingerprint density at radius 2 is 2.05 bits per heavy atom. The molecule has 1 saturated heterocycles. The van der Waals surface area contributed by atoms with Crippen molar-refractivity contribution in [3.05, 3.63) is 29.3 Å². The van der Waals surface area contributed by atoms with Crippen LogP contribution in [0.25, 0.3) is 0 Å². The van der Waals surface area contributed by atoms with Crippen molar-refractivity contribution in [1.82, 2.24) is 5.32 Å². The molecule has 1 fully saturated rings. The summed E-state index contributed by atoms with van der Waals surface area (Å²) >= 11 is 0. The van der Waals surface area contributed by atoms with Crippen molar-refractivity contribution in [3.8, 4) is 0 Å². The van der Waals surface area contributed by atoms with E-state index in [0.717, 1.165) is 13.0 Å². The van der Waals surface area contributed by atoms with E-state index in [1.165, 1.54) is 12.1 Å². The van der Waals surface area contributed by atoms with Gasteiger partial charge >= 0.3 is 0 Å². The maximum atomic E-state index is 14.1. The third kappa shape index (κ3) is 3.27. The van der Waals surface area contributed by atoms with Gasteiger partial charge in [0.25, 0.3) is 0 Å². The fourth-order valence-electron chi connectivity index (χ4n) is 2.68. The summed E-state index contributed by atoms with van der Waals surface area (Å²) in [6.45, 7) is 5.96. The molecule has 0 saturated carbocycles. The van der Waals surface area contributed by atoms with E-state index in [4.69, 9.17) is 0 Å². The van der Waals surface area contributed by atoms with E-state index < -0.39 is 17.7 Å². The molecule has 0 spiro atoms. The predicted octanol–water partition coefficient (Wildman–Crippen LogP) is 2.28. The molecule has 3 nitrogen and oxygen atoms in total. The molecular formula is C15H22F2N2O. The predicted molar refractivity (Wildman–Crippen MR) is 75.7 cm³/mol. The smallest absolute Gasteiger partial charge is 0.149 e. The number of hydrogen-bond acceptors (Lipinski definition) is 3. The lowest BCUT2D eigenvalue weighted by molar-refractivity contribution is 0.136. The third-order valence-corrected chi connectivity index (χ3v) is 3.88. The van der Waals surface area contributed by atoms with Crippen LogP contribution in [0.5, 0.6) is 0 Å². The Kier molecular flexibility index (Phi) is 4.94. The van der Waals surface area contributed by atoms with Crippen molar-refractivity contribution in [2.45, 2.75) is 32.9 Å². The zero-order valence-electron chi connectivity index (χ0n) is 12.0. The van der Waals surface area contributed by atoms with E-state index in [1.54, 1.807) is 11.8 Å². The number of nitrogens with one attached hydrogen (secondary N) is 1. The maximum Gasteiger partial charge on any atom is 0.149 e. The maximum absolute atomic E-state index is 14.1. The van der Waals surface area contributed by atoms with Gasteiger partial charge < -0.3 is 15.3 Å². The Morgan fingerprint density at radius 3 is 2.55 bits per heavy atom. The lowest BCUT2D eigenvalue weighted by atomic mass is 10.0. The van der Waals surface area contributed by atoms with Crippen LogP contribution in [0.1, 0.15) is 25.8 Å². The first-order valence-electron chi connectivity index (χ1n) is 7.14. The number of halogens is 2. The van der Waals surface area contributed by atoms with Gasteiger partial charge in [-0.15, -0.1) is 0 Å². The number of aliphatic hydroxyl groups is 1. The molecule has 1 aliphatic heterocycles. The zero-order valence-corrected chi connectivity index (χ0v) is 12.0. The van der Waals surface area contributed by atoms with Crippen molar-refractivity contribution in [2.24, 2.45) is 5.92 Å². The van der Waals surface area contributed by atoms with Crippen LogP contribution in [0.2, 0.25) is 0 Å². The number of anilines is 1. The summed E-state index contributed by atoms with van der Waals surface area (Å²) in [5.74, 6) is -0.969. The van der Waals surface area contributed by atoms with E-state index in [9.17, 15) is 13.9 Å². The van der Waals surface area contributed by atoms with Crippen LogP contribution >= 0.6 is 0 Å². The molecule has 1 aromatic carbocycles. The molecule has 2 N–H and O–H groups in total. The monoisotopic (exact) mass is 284 g/mol. The van der Waals surface area contributed by atoms with Crippen LogP contribution in [-0.4, -0.2) is 30.8 Å². The first kappa shape index (κ1) is 15.2. The Morgan fingerprint density at radius 1 is 1.40 bits per heavy atom. The Labute approximate surface area is 118 Å². The van der Waals surface area contributed by atoms with E-state index in [-0.39, 0.29) is 11.6 Å². The molecule has 5 heteroatoms. The van der Waals surface area contributed by atoms with E-state index in [2.05, 4.69) is 5.32 Å². The van der Waals surface area contributed by atoms with Gasteiger partial charge in [-0.2, -0.15) is 0 Å². The molecule has 1 aromatic rings. The number of rotatable bonds is 5. The van der Waals surface area contributed by atoms with Crippen LogP contribution < -0.4 is 10.2 Å². The molecule has 20 heavy (non-hydrogen) atoms. The minimum atomic E-state index is -0.524. The Hall–Kier alpha value is -1.20. The molecular weight excluding hydrogens is 262 g/mol. The van der Waals surface area contributed by atoms with Gasteiger partial charge in [0.05, 0.1) is 6.10 Å². The van der Waals surface area contributed by atoms with Gasteiger partial charge in [0, 0.05) is 25.6 Å². The molecule has 2 rings (SSSR count). The number of aliphatic hydroxyl groups excluding tert-OH is 1. The molecule has 2 atom stereocenters. The van der Waals surface area contributed by atoms with Gasteiger partial charge in [-0.05, 0) is 37.6 Å². The highest BCUT2D eigenvalue weighted by atomic mass is 19.1. The Balaban J connectivity index is 2.16. The van der Waals surface area contributed by atoms with Crippen LogP contribution in [0.3, 0.4) is 0 Å². The zero-order chi connectivity index (χ0) is 14.7. The molecule has 0 aliphatic carbocycles. The minimum Gasteiger partial charge on any atom is -0.393 e. The lowest BCUT2D eigenvalue weighted by Crippen LogP contribution is -2.25. The summed E-state index contributed by atoms with van der Waals surface area (Å²) in [5, 5.41) is 12.6.